The van der Waals surface area contributed by atoms with Crippen LogP contribution >= 0.6 is 11.3 Å². The first-order chi connectivity index (χ1) is 8.65. The lowest BCUT2D eigenvalue weighted by molar-refractivity contribution is -0.380. The number of nitrogens with zero attached hydrogens (tertiary/aromatic N) is 1. The summed E-state index contributed by atoms with van der Waals surface area (Å²) < 4.78 is 12.7. The molecule has 0 saturated heterocycles. The number of thiophene rings is 1. The third kappa shape index (κ3) is 3.35. The molecule has 0 aliphatic rings. The van der Waals surface area contributed by atoms with Crippen molar-refractivity contribution in [3.05, 3.63) is 62.8 Å². The maximum Gasteiger partial charge on any atom is 0.324 e. The summed E-state index contributed by atoms with van der Waals surface area (Å²) in [4.78, 5) is 11.0. The molecule has 0 saturated carbocycles. The largest absolute Gasteiger partial charge is 0.324 e. The highest BCUT2D eigenvalue weighted by atomic mass is 32.1. The van der Waals surface area contributed by atoms with E-state index in [1.165, 1.54) is 18.2 Å². The van der Waals surface area contributed by atoms with Gasteiger partial charge in [-0.1, -0.05) is 23.5 Å². The van der Waals surface area contributed by atoms with E-state index in [4.69, 9.17) is 0 Å². The van der Waals surface area contributed by atoms with Gasteiger partial charge in [-0.25, -0.2) is 4.39 Å². The van der Waals surface area contributed by atoms with E-state index in [1.54, 1.807) is 18.2 Å². The van der Waals surface area contributed by atoms with Crippen molar-refractivity contribution in [1.82, 2.24) is 5.32 Å². The predicted octanol–water partition coefficient (Wildman–Crippen LogP) is 3.09. The van der Waals surface area contributed by atoms with Crippen molar-refractivity contribution in [3.63, 3.8) is 0 Å². The normalized spacial score (nSPS) is 10.5. The molecule has 94 valence electrons. The minimum absolute atomic E-state index is 0.147. The number of rotatable bonds is 5. The molecule has 0 spiro atoms. The van der Waals surface area contributed by atoms with Gasteiger partial charge in [0.2, 0.25) is 0 Å². The fraction of sp³-hybridized carbons (Fsp3) is 0.167. The molecule has 1 heterocycles. The zero-order valence-corrected chi connectivity index (χ0v) is 10.2. The molecule has 6 heteroatoms. The minimum atomic E-state index is -0.395. The van der Waals surface area contributed by atoms with Gasteiger partial charge >= 0.3 is 5.00 Å². The summed E-state index contributed by atoms with van der Waals surface area (Å²) in [6.07, 6.45) is 0. The van der Waals surface area contributed by atoms with Crippen molar-refractivity contribution in [1.29, 1.82) is 0 Å². The van der Waals surface area contributed by atoms with Gasteiger partial charge in [-0.05, 0) is 23.8 Å². The first-order valence-electron chi connectivity index (χ1n) is 5.33. The number of nitro groups is 1. The standard InChI is InChI=1S/C12H11FN2O2S/c13-10-3-1-9(2-4-10)7-14-8-11-5-6-12(18-11)15(16)17/h1-6,14H,7-8H2. The van der Waals surface area contributed by atoms with Gasteiger partial charge in [0.05, 0.1) is 4.92 Å². The van der Waals surface area contributed by atoms with E-state index in [2.05, 4.69) is 5.32 Å². The maximum absolute atomic E-state index is 12.7. The smallest absolute Gasteiger partial charge is 0.308 e. The highest BCUT2D eigenvalue weighted by Gasteiger charge is 2.08. The van der Waals surface area contributed by atoms with E-state index < -0.39 is 4.92 Å². The Morgan fingerprint density at radius 3 is 2.50 bits per heavy atom. The Balaban J connectivity index is 1.84. The lowest BCUT2D eigenvalue weighted by Gasteiger charge is -2.02. The summed E-state index contributed by atoms with van der Waals surface area (Å²) in [5.41, 5.74) is 0.974. The van der Waals surface area contributed by atoms with Crippen LogP contribution in [-0.4, -0.2) is 4.92 Å². The van der Waals surface area contributed by atoms with Gasteiger partial charge in [0.1, 0.15) is 5.82 Å². The third-order valence-corrected chi connectivity index (χ3v) is 3.41. The second-order valence-electron chi connectivity index (χ2n) is 3.73. The molecule has 2 aromatic rings. The molecule has 0 fully saturated rings. The molecule has 2 rings (SSSR count). The number of hydrogen-bond acceptors (Lipinski definition) is 4. The summed E-state index contributed by atoms with van der Waals surface area (Å²) in [5, 5.41) is 13.8. The van der Waals surface area contributed by atoms with Crippen molar-refractivity contribution < 1.29 is 9.31 Å². The van der Waals surface area contributed by atoms with Gasteiger partial charge in [-0.15, -0.1) is 0 Å². The Labute approximate surface area is 107 Å². The molecular weight excluding hydrogens is 255 g/mol. The van der Waals surface area contributed by atoms with Crippen molar-refractivity contribution in [2.45, 2.75) is 13.1 Å². The van der Waals surface area contributed by atoms with Crippen LogP contribution in [0.3, 0.4) is 0 Å². The Morgan fingerprint density at radius 1 is 1.17 bits per heavy atom. The molecule has 1 aromatic heterocycles. The van der Waals surface area contributed by atoms with Crippen molar-refractivity contribution in [2.75, 3.05) is 0 Å². The average Bonchev–Trinajstić information content (AvgIpc) is 2.81. The Bertz CT molecular complexity index is 539. The molecule has 4 nitrogen and oxygen atoms in total. The van der Waals surface area contributed by atoms with Gasteiger partial charge in [0.15, 0.2) is 0 Å². The molecule has 0 bridgehead atoms. The molecule has 0 amide bonds. The van der Waals surface area contributed by atoms with Gasteiger partial charge < -0.3 is 5.32 Å². The lowest BCUT2D eigenvalue weighted by atomic mass is 10.2. The van der Waals surface area contributed by atoms with E-state index in [1.807, 2.05) is 0 Å². The Hall–Kier alpha value is -1.79. The molecule has 0 aliphatic carbocycles. The SMILES string of the molecule is O=[N+]([O-])c1ccc(CNCc2ccc(F)cc2)s1. The van der Waals surface area contributed by atoms with Crippen LogP contribution in [0.4, 0.5) is 9.39 Å². The van der Waals surface area contributed by atoms with Gasteiger partial charge in [0.25, 0.3) is 0 Å². The van der Waals surface area contributed by atoms with Crippen LogP contribution in [0.1, 0.15) is 10.4 Å². The van der Waals surface area contributed by atoms with E-state index in [0.29, 0.717) is 13.1 Å². The van der Waals surface area contributed by atoms with E-state index in [0.717, 1.165) is 21.8 Å². The predicted molar refractivity (Wildman–Crippen MR) is 67.9 cm³/mol. The average molecular weight is 266 g/mol. The fourth-order valence-corrected chi connectivity index (χ4v) is 2.28. The van der Waals surface area contributed by atoms with Gasteiger partial charge in [0, 0.05) is 24.0 Å². The molecule has 1 aromatic carbocycles. The molecule has 0 atom stereocenters. The maximum atomic E-state index is 12.7. The summed E-state index contributed by atoms with van der Waals surface area (Å²) in [6, 6.07) is 9.47. The summed E-state index contributed by atoms with van der Waals surface area (Å²) >= 11 is 1.16. The number of hydrogen-bond donors (Lipinski definition) is 1. The van der Waals surface area contributed by atoms with Crippen molar-refractivity contribution >= 4 is 16.3 Å². The molecular formula is C12H11FN2O2S. The van der Waals surface area contributed by atoms with Crippen LogP contribution in [0.15, 0.2) is 36.4 Å². The number of halogens is 1. The Morgan fingerprint density at radius 2 is 1.89 bits per heavy atom. The van der Waals surface area contributed by atoms with Crippen LogP contribution in [0, 0.1) is 15.9 Å². The Kier molecular flexibility index (Phi) is 4.01. The van der Waals surface area contributed by atoms with E-state index in [9.17, 15) is 14.5 Å². The highest BCUT2D eigenvalue weighted by molar-refractivity contribution is 7.15. The number of benzene rings is 1. The topological polar surface area (TPSA) is 55.2 Å². The lowest BCUT2D eigenvalue weighted by Crippen LogP contribution is -2.11. The van der Waals surface area contributed by atoms with Crippen LogP contribution < -0.4 is 5.32 Å². The molecule has 18 heavy (non-hydrogen) atoms. The molecule has 0 aliphatic heterocycles. The van der Waals surface area contributed by atoms with Crippen LogP contribution in [-0.2, 0) is 13.1 Å². The summed E-state index contributed by atoms with van der Waals surface area (Å²) in [6.45, 7) is 1.17. The quantitative estimate of drug-likeness (QED) is 0.668. The third-order valence-electron chi connectivity index (χ3n) is 2.37. The van der Waals surface area contributed by atoms with Gasteiger partial charge in [-0.2, -0.15) is 0 Å². The van der Waals surface area contributed by atoms with Crippen LogP contribution in [0.5, 0.6) is 0 Å². The van der Waals surface area contributed by atoms with Crippen molar-refractivity contribution in [2.24, 2.45) is 0 Å². The monoisotopic (exact) mass is 266 g/mol. The first kappa shape index (κ1) is 12.7. The van der Waals surface area contributed by atoms with Gasteiger partial charge in [-0.3, -0.25) is 10.1 Å². The highest BCUT2D eigenvalue weighted by Crippen LogP contribution is 2.23. The number of nitrogens with one attached hydrogen (secondary N) is 1. The molecule has 1 N–H and O–H groups in total. The van der Waals surface area contributed by atoms with Crippen LogP contribution in [0.2, 0.25) is 0 Å². The second kappa shape index (κ2) is 5.70. The molecule has 0 unspecified atom stereocenters. The second-order valence-corrected chi connectivity index (χ2v) is 4.87. The van der Waals surface area contributed by atoms with Crippen molar-refractivity contribution in [3.8, 4) is 0 Å². The minimum Gasteiger partial charge on any atom is -0.308 e. The summed E-state index contributed by atoms with van der Waals surface area (Å²) in [5.74, 6) is -0.257. The summed E-state index contributed by atoms with van der Waals surface area (Å²) in [7, 11) is 0. The first-order valence-corrected chi connectivity index (χ1v) is 6.15. The zero-order valence-electron chi connectivity index (χ0n) is 9.43. The zero-order chi connectivity index (χ0) is 13.0. The van der Waals surface area contributed by atoms with Crippen LogP contribution in [0.25, 0.3) is 0 Å². The fourth-order valence-electron chi connectivity index (χ4n) is 1.49. The van der Waals surface area contributed by atoms with E-state index >= 15 is 0 Å². The molecule has 0 radical (unpaired) electrons. The van der Waals surface area contributed by atoms with E-state index in [-0.39, 0.29) is 10.8 Å².